The van der Waals surface area contributed by atoms with Gasteiger partial charge in [-0.3, -0.25) is 0 Å². The van der Waals surface area contributed by atoms with Gasteiger partial charge in [0.2, 0.25) is 5.76 Å². The van der Waals surface area contributed by atoms with Crippen molar-refractivity contribution in [2.45, 2.75) is 12.2 Å². The zero-order valence-electron chi connectivity index (χ0n) is 11.7. The van der Waals surface area contributed by atoms with Crippen molar-refractivity contribution in [2.24, 2.45) is 0 Å². The molecule has 0 fully saturated rings. The third-order valence-corrected chi connectivity index (χ3v) is 2.25. The van der Waals surface area contributed by atoms with Gasteiger partial charge in [0.25, 0.3) is 0 Å². The van der Waals surface area contributed by atoms with Crippen LogP contribution in [0, 0.1) is 0 Å². The molecular weight excluding hydrogens is 294 g/mol. The van der Waals surface area contributed by atoms with E-state index in [-0.39, 0.29) is 19.0 Å². The lowest BCUT2D eigenvalue weighted by molar-refractivity contribution is -0.870. The van der Waals surface area contributed by atoms with Crippen LogP contribution in [-0.4, -0.2) is 89.1 Å². The fraction of sp³-hybridized carbons (Fsp3) is 0.727. The van der Waals surface area contributed by atoms with Crippen molar-refractivity contribution in [1.82, 2.24) is 0 Å². The zero-order valence-corrected chi connectivity index (χ0v) is 12.4. The predicted octanol–water partition coefficient (Wildman–Crippen LogP) is -4.72. The van der Waals surface area contributed by atoms with Crippen LogP contribution in [0.15, 0.2) is 11.5 Å². The van der Waals surface area contributed by atoms with Gasteiger partial charge < -0.3 is 47.2 Å². The molecule has 0 saturated heterocycles. The number of ether oxygens (including phenoxy) is 1. The van der Waals surface area contributed by atoms with Gasteiger partial charge in [-0.15, -0.1) is 0 Å². The average molecular weight is 316 g/mol. The number of nitrogens with zero attached hydrogens (tertiary/aromatic N) is 1. The number of rotatable bonds is 4. The minimum Gasteiger partial charge on any atom is -1.00 e. The normalized spacial score (nSPS) is 19.7. The first-order chi connectivity index (χ1) is 8.64. The summed E-state index contributed by atoms with van der Waals surface area (Å²) in [5, 5.41) is 43.4. The molecule has 1 rings (SSSR count). The molecule has 9 heteroatoms. The molecule has 5 N–H and O–H groups in total. The Labute approximate surface area is 123 Å². The van der Waals surface area contributed by atoms with Crippen molar-refractivity contribution < 1.29 is 52.0 Å². The monoisotopic (exact) mass is 315 g/mol. The minimum absolute atomic E-state index is 0. The second kappa shape index (κ2) is 8.98. The zero-order chi connectivity index (χ0) is 15.2. The molecule has 0 spiro atoms. The average Bonchev–Trinajstić information content (AvgIpc) is 2.55. The molecule has 0 unspecified atom stereocenters. The maximum absolute atomic E-state index is 10.5. The van der Waals surface area contributed by atoms with Crippen molar-refractivity contribution in [3.63, 3.8) is 0 Å². The highest BCUT2D eigenvalue weighted by molar-refractivity contribution is 5.89. The van der Waals surface area contributed by atoms with Gasteiger partial charge in [-0.2, -0.15) is 0 Å². The summed E-state index contributed by atoms with van der Waals surface area (Å²) in [5.74, 6) is -2.78. The largest absolute Gasteiger partial charge is 1.00 e. The van der Waals surface area contributed by atoms with Crippen LogP contribution in [0.25, 0.3) is 0 Å². The van der Waals surface area contributed by atoms with Crippen LogP contribution in [0.5, 0.6) is 0 Å². The maximum atomic E-state index is 10.5. The molecule has 20 heavy (non-hydrogen) atoms. The molecule has 0 aliphatic carbocycles. The van der Waals surface area contributed by atoms with E-state index in [2.05, 4.69) is 25.9 Å². The number of halogens is 1. The smallest absolute Gasteiger partial charge is 0.377 e. The highest BCUT2D eigenvalue weighted by atomic mass is 35.5. The van der Waals surface area contributed by atoms with Crippen molar-refractivity contribution in [3.8, 4) is 0 Å². The van der Waals surface area contributed by atoms with Crippen LogP contribution in [0.4, 0.5) is 0 Å². The van der Waals surface area contributed by atoms with Gasteiger partial charge in [-0.25, -0.2) is 4.79 Å². The van der Waals surface area contributed by atoms with E-state index < -0.39 is 36.3 Å². The Morgan fingerprint density at radius 2 is 1.75 bits per heavy atom. The number of hydrogen-bond donors (Lipinski definition) is 5. The van der Waals surface area contributed by atoms with Gasteiger partial charge in [0.15, 0.2) is 11.9 Å². The Bertz CT molecular complexity index is 340. The van der Waals surface area contributed by atoms with Crippen molar-refractivity contribution in [3.05, 3.63) is 11.5 Å². The number of carbonyl (C=O) groups excluding carboxylic acids is 1. The number of aliphatic hydroxyl groups excluding tert-OH is 5. The number of quaternary nitrogens is 1. The van der Waals surface area contributed by atoms with E-state index in [0.29, 0.717) is 0 Å². The van der Waals surface area contributed by atoms with E-state index in [4.69, 9.17) is 25.5 Å². The minimum atomic E-state index is -1.42. The Morgan fingerprint density at radius 3 is 1.95 bits per heavy atom. The van der Waals surface area contributed by atoms with E-state index in [1.165, 1.54) is 0 Å². The third kappa shape index (κ3) is 6.92. The lowest BCUT2D eigenvalue weighted by Crippen LogP contribution is -3.00. The third-order valence-electron chi connectivity index (χ3n) is 2.25. The molecule has 8 nitrogen and oxygen atoms in total. The summed E-state index contributed by atoms with van der Waals surface area (Å²) in [6.45, 7) is 0.443. The van der Waals surface area contributed by atoms with Crippen LogP contribution >= 0.6 is 0 Å². The van der Waals surface area contributed by atoms with E-state index in [0.717, 1.165) is 11.0 Å². The first kappa shape index (κ1) is 21.2. The van der Waals surface area contributed by atoms with Crippen LogP contribution in [0.2, 0.25) is 0 Å². The van der Waals surface area contributed by atoms with Gasteiger partial charge in [-0.05, 0) is 0 Å². The predicted molar refractivity (Wildman–Crippen MR) is 65.2 cm³/mol. The second-order valence-electron chi connectivity index (χ2n) is 5.05. The molecule has 0 amide bonds. The molecule has 1 aliphatic heterocycles. The molecule has 1 aliphatic rings. The highest BCUT2D eigenvalue weighted by Crippen LogP contribution is 2.20. The van der Waals surface area contributed by atoms with Gasteiger partial charge in [0.05, 0.1) is 34.4 Å². The van der Waals surface area contributed by atoms with Gasteiger partial charge in [-0.1, -0.05) is 0 Å². The molecule has 2 atom stereocenters. The fourth-order valence-corrected chi connectivity index (χ4v) is 1.12. The number of likely N-dealkylation sites (N-methyl/N-ethyl adjacent to an activating group) is 1. The van der Waals surface area contributed by atoms with Gasteiger partial charge >= 0.3 is 5.97 Å². The van der Waals surface area contributed by atoms with Crippen molar-refractivity contribution in [2.75, 3.05) is 40.9 Å². The number of hydrogen-bond acceptors (Lipinski definition) is 7. The SMILES string of the molecule is C[N+](C)(C)CCO.O=C1O[C@H]([C@@H](O)CO)C(O)=C1O.[Cl-]. The lowest BCUT2D eigenvalue weighted by Gasteiger charge is -2.21. The summed E-state index contributed by atoms with van der Waals surface area (Å²) in [7, 11) is 6.16. The standard InChI is InChI=1S/C6H8O6.C5H14NO.ClH/c7-1-2(8)5-3(9)4(10)6(11)12-5;1-6(2,3)4-5-7;/h2,5,7-10H,1H2;7H,4-5H2,1-3H3;1H/q;+1;/p-1/t2-,5+;;/m0../s1. The molecule has 0 radical (unpaired) electrons. The molecule has 0 saturated carbocycles. The summed E-state index contributed by atoms with van der Waals surface area (Å²) in [6.07, 6.45) is -2.78. The number of aliphatic hydroxyl groups is 5. The molecule has 0 bridgehead atoms. The topological polar surface area (TPSA) is 127 Å². The molecule has 1 heterocycles. The molecule has 120 valence electrons. The Kier molecular flexibility index (Phi) is 9.54. The van der Waals surface area contributed by atoms with Crippen LogP contribution in [0.3, 0.4) is 0 Å². The molecule has 0 aromatic heterocycles. The quantitative estimate of drug-likeness (QED) is 0.260. The van der Waals surface area contributed by atoms with Crippen LogP contribution < -0.4 is 12.4 Å². The summed E-state index contributed by atoms with van der Waals surface area (Å²) in [5.41, 5.74) is 0. The second-order valence-corrected chi connectivity index (χ2v) is 5.05. The summed E-state index contributed by atoms with van der Waals surface area (Å²) in [6, 6.07) is 0. The van der Waals surface area contributed by atoms with E-state index in [1.54, 1.807) is 0 Å². The number of carbonyl (C=O) groups is 1. The Balaban J connectivity index is 0. The fourth-order valence-electron chi connectivity index (χ4n) is 1.12. The van der Waals surface area contributed by atoms with Crippen molar-refractivity contribution in [1.29, 1.82) is 0 Å². The Hall–Kier alpha value is -1.06. The molecule has 0 aromatic carbocycles. The summed E-state index contributed by atoms with van der Waals surface area (Å²) >= 11 is 0. The number of cyclic esters (lactones) is 1. The van der Waals surface area contributed by atoms with Crippen LogP contribution in [-0.2, 0) is 9.53 Å². The lowest BCUT2D eigenvalue weighted by atomic mass is 10.2. The van der Waals surface area contributed by atoms with Crippen LogP contribution in [0.1, 0.15) is 0 Å². The number of esters is 1. The summed E-state index contributed by atoms with van der Waals surface area (Å²) < 4.78 is 5.16. The highest BCUT2D eigenvalue weighted by Gasteiger charge is 2.38. The molecule has 0 aromatic rings. The van der Waals surface area contributed by atoms with E-state index >= 15 is 0 Å². The summed E-state index contributed by atoms with van der Waals surface area (Å²) in [4.78, 5) is 10.5. The van der Waals surface area contributed by atoms with E-state index in [9.17, 15) is 4.79 Å². The Morgan fingerprint density at radius 1 is 1.25 bits per heavy atom. The molecular formula is C11H22ClNO7. The van der Waals surface area contributed by atoms with Crippen molar-refractivity contribution >= 4 is 5.97 Å². The maximum Gasteiger partial charge on any atom is 0.377 e. The first-order valence-electron chi connectivity index (χ1n) is 5.67. The van der Waals surface area contributed by atoms with Gasteiger partial charge in [0.1, 0.15) is 12.6 Å². The first-order valence-corrected chi connectivity index (χ1v) is 5.67. The van der Waals surface area contributed by atoms with Gasteiger partial charge in [0, 0.05) is 0 Å². The van der Waals surface area contributed by atoms with E-state index in [1.807, 2.05) is 0 Å².